The van der Waals surface area contributed by atoms with E-state index in [1.54, 1.807) is 0 Å². The Labute approximate surface area is 255 Å². The molecule has 3 aliphatic rings. The summed E-state index contributed by atoms with van der Waals surface area (Å²) in [4.78, 5) is 86.0. The number of epoxide rings is 3. The van der Waals surface area contributed by atoms with Gasteiger partial charge in [0.25, 0.3) is 0 Å². The summed E-state index contributed by atoms with van der Waals surface area (Å²) in [6, 6.07) is -1.53. The third-order valence-corrected chi connectivity index (χ3v) is 7.09. The zero-order chi connectivity index (χ0) is 33.2. The normalized spacial score (nSPS) is 28.7. The lowest BCUT2D eigenvalue weighted by Crippen LogP contribution is -2.36. The van der Waals surface area contributed by atoms with E-state index in [1.807, 2.05) is 0 Å². The lowest BCUT2D eigenvalue weighted by Gasteiger charge is -2.14. The number of ether oxygens (including phenoxy) is 6. The van der Waals surface area contributed by atoms with Gasteiger partial charge in [0.15, 0.2) is 69.8 Å². The molecular formula is C30H27N3O12. The molecule has 4 heterocycles. The van der Waals surface area contributed by atoms with E-state index in [-0.39, 0.29) is 0 Å². The number of carbonyl (C=O) groups excluding carboxylic acids is 6. The van der Waals surface area contributed by atoms with Crippen LogP contribution in [0.1, 0.15) is 0 Å². The van der Waals surface area contributed by atoms with Crippen LogP contribution in [-0.2, 0) is 43.0 Å². The topological polar surface area (TPSA) is 206 Å². The van der Waals surface area contributed by atoms with Crippen molar-refractivity contribution in [3.05, 3.63) is 75.9 Å². The molecule has 1 aromatic rings. The van der Waals surface area contributed by atoms with E-state index in [4.69, 9.17) is 28.4 Å². The van der Waals surface area contributed by atoms with Crippen molar-refractivity contribution in [2.75, 3.05) is 19.8 Å². The Hall–Kier alpha value is -5.25. The van der Waals surface area contributed by atoms with Crippen LogP contribution in [-0.4, -0.2) is 105 Å². The van der Waals surface area contributed by atoms with Crippen molar-refractivity contribution >= 4 is 34.7 Å². The van der Waals surface area contributed by atoms with Crippen LogP contribution in [0.25, 0.3) is 0 Å². The summed E-state index contributed by atoms with van der Waals surface area (Å²) in [7, 11) is 0. The fourth-order valence-electron chi connectivity index (χ4n) is 4.37. The van der Waals surface area contributed by atoms with Crippen molar-refractivity contribution in [1.82, 2.24) is 15.0 Å². The van der Waals surface area contributed by atoms with E-state index in [2.05, 4.69) is 54.4 Å². The number of rotatable bonds is 21. The van der Waals surface area contributed by atoms with Gasteiger partial charge in [0.1, 0.15) is 19.8 Å². The molecule has 1 aromatic heterocycles. The molecule has 0 amide bonds. The Morgan fingerprint density at radius 3 is 0.956 bits per heavy atom. The van der Waals surface area contributed by atoms with Crippen molar-refractivity contribution in [1.29, 1.82) is 0 Å². The van der Waals surface area contributed by atoms with Crippen LogP contribution in [0, 0.1) is 0 Å². The van der Waals surface area contributed by atoms with Gasteiger partial charge in [-0.15, -0.1) is 15.0 Å². The number of hydrogen-bond donors (Lipinski definition) is 0. The minimum atomic E-state index is -1.73. The van der Waals surface area contributed by atoms with Crippen molar-refractivity contribution in [2.24, 2.45) is 0 Å². The molecule has 0 spiro atoms. The summed E-state index contributed by atoms with van der Waals surface area (Å²) >= 11 is 0. The van der Waals surface area contributed by atoms with Crippen LogP contribution in [0.3, 0.4) is 0 Å². The molecule has 3 saturated heterocycles. The van der Waals surface area contributed by atoms with E-state index in [9.17, 15) is 28.8 Å². The molecule has 0 bridgehead atoms. The van der Waals surface area contributed by atoms with Gasteiger partial charge >= 0.3 is 18.0 Å². The zero-order valence-corrected chi connectivity index (χ0v) is 23.8. The van der Waals surface area contributed by atoms with Crippen molar-refractivity contribution in [3.8, 4) is 18.0 Å². The van der Waals surface area contributed by atoms with Crippen LogP contribution in [0.4, 0.5) is 0 Å². The van der Waals surface area contributed by atoms with Crippen LogP contribution in [0.15, 0.2) is 75.9 Å². The second kappa shape index (κ2) is 12.4. The molecular weight excluding hydrogens is 594 g/mol. The van der Waals surface area contributed by atoms with E-state index < -0.39 is 108 Å². The highest BCUT2D eigenvalue weighted by molar-refractivity contribution is 6.10. The van der Waals surface area contributed by atoms with Crippen LogP contribution >= 0.6 is 0 Å². The van der Waals surface area contributed by atoms with Gasteiger partial charge in [-0.1, -0.05) is 39.5 Å². The van der Waals surface area contributed by atoms with Gasteiger partial charge in [-0.25, -0.2) is 0 Å². The van der Waals surface area contributed by atoms with Gasteiger partial charge in [0.05, 0.1) is 0 Å². The van der Waals surface area contributed by atoms with Crippen molar-refractivity contribution < 1.29 is 57.2 Å². The molecule has 6 unspecified atom stereocenters. The minimum Gasteiger partial charge on any atom is -0.460 e. The predicted octanol–water partition coefficient (Wildman–Crippen LogP) is -0.0486. The summed E-state index contributed by atoms with van der Waals surface area (Å²) in [6.45, 7) is 18.7. The second-order valence-corrected chi connectivity index (χ2v) is 9.74. The van der Waals surface area contributed by atoms with E-state index >= 15 is 0 Å². The minimum absolute atomic E-state index is 0.509. The number of carbonyl (C=O) groups is 6. The average molecular weight is 622 g/mol. The van der Waals surface area contributed by atoms with Gasteiger partial charge in [0, 0.05) is 0 Å². The molecule has 0 radical (unpaired) electrons. The summed E-state index contributed by atoms with van der Waals surface area (Å²) < 4.78 is 32.8. The largest absolute Gasteiger partial charge is 0.460 e. The Balaban J connectivity index is 1.61. The van der Waals surface area contributed by atoms with Gasteiger partial charge in [0.2, 0.25) is 0 Å². The average Bonchev–Trinajstić information content (AvgIpc) is 3.99. The summed E-state index contributed by atoms with van der Waals surface area (Å²) in [5, 5.41) is 0. The fraction of sp³-hybridized carbons (Fsp3) is 0.300. The molecule has 3 fully saturated rings. The zero-order valence-electron chi connectivity index (χ0n) is 23.8. The number of nitrogens with zero attached hydrogens (tertiary/aromatic N) is 3. The first-order valence-corrected chi connectivity index (χ1v) is 13.1. The molecule has 0 N–H and O–H groups in total. The molecule has 0 aliphatic carbocycles. The quantitative estimate of drug-likeness (QED) is 0.130. The SMILES string of the molecule is C=CC(=O)C1OC1(COc1nc(OCC2(C(=O)C=C)OC2C(=O)C=C)nc(OCC2(C(=O)C=C)OC2C(=O)C=C)n1)C(=O)C=C. The highest BCUT2D eigenvalue weighted by Gasteiger charge is 2.67. The fourth-order valence-corrected chi connectivity index (χ4v) is 4.37. The van der Waals surface area contributed by atoms with Gasteiger partial charge < -0.3 is 28.4 Å². The maximum absolute atomic E-state index is 12.5. The standard InChI is InChI=1S/C30H27N3O12/c1-7-16(34)22-28(43-22,19(37)10-4)13-40-25-31-26(41-14-29(20(38)11-5)23(44-29)17(35)8-2)33-27(32-25)42-15-30(21(39)12-6)24(45-30)18(36)9-3/h7-12,22-24H,1-6,13-15H2. The third kappa shape index (κ3) is 5.95. The summed E-state index contributed by atoms with van der Waals surface area (Å²) in [5.74, 6) is -3.71. The Kier molecular flexibility index (Phi) is 8.99. The lowest BCUT2D eigenvalue weighted by molar-refractivity contribution is -0.121. The Bertz CT molecular complexity index is 1380. The first kappa shape index (κ1) is 32.7. The van der Waals surface area contributed by atoms with Gasteiger partial charge in [-0.05, 0) is 36.5 Å². The van der Waals surface area contributed by atoms with Crippen molar-refractivity contribution in [2.45, 2.75) is 35.1 Å². The van der Waals surface area contributed by atoms with Crippen LogP contribution < -0.4 is 14.2 Å². The van der Waals surface area contributed by atoms with Crippen molar-refractivity contribution in [3.63, 3.8) is 0 Å². The van der Waals surface area contributed by atoms with Crippen LogP contribution in [0.2, 0.25) is 0 Å². The van der Waals surface area contributed by atoms with Crippen LogP contribution in [0.5, 0.6) is 18.0 Å². The predicted molar refractivity (Wildman–Crippen MR) is 150 cm³/mol. The summed E-state index contributed by atoms with van der Waals surface area (Å²) in [6.07, 6.45) is 2.24. The summed E-state index contributed by atoms with van der Waals surface area (Å²) in [5.41, 5.74) is -5.20. The van der Waals surface area contributed by atoms with E-state index in [1.165, 1.54) is 0 Å². The molecule has 3 aliphatic heterocycles. The molecule has 6 atom stereocenters. The monoisotopic (exact) mass is 621 g/mol. The lowest BCUT2D eigenvalue weighted by atomic mass is 9.98. The van der Waals surface area contributed by atoms with Gasteiger partial charge in [-0.2, -0.15) is 0 Å². The van der Waals surface area contributed by atoms with E-state index in [0.717, 1.165) is 36.5 Å². The maximum atomic E-state index is 12.5. The Morgan fingerprint density at radius 2 is 0.756 bits per heavy atom. The first-order valence-electron chi connectivity index (χ1n) is 13.1. The number of aromatic nitrogens is 3. The highest BCUT2D eigenvalue weighted by atomic mass is 16.7. The molecule has 15 heteroatoms. The second-order valence-electron chi connectivity index (χ2n) is 9.74. The number of ketones is 6. The molecule has 45 heavy (non-hydrogen) atoms. The molecule has 0 aromatic carbocycles. The molecule has 234 valence electrons. The first-order chi connectivity index (χ1) is 21.4. The molecule has 0 saturated carbocycles. The third-order valence-electron chi connectivity index (χ3n) is 7.09. The van der Waals surface area contributed by atoms with E-state index in [0.29, 0.717) is 0 Å². The molecule has 4 rings (SSSR count). The van der Waals surface area contributed by atoms with Gasteiger partial charge in [-0.3, -0.25) is 28.8 Å². The molecule has 15 nitrogen and oxygen atoms in total. The smallest absolute Gasteiger partial charge is 0.325 e. The Morgan fingerprint density at radius 1 is 0.511 bits per heavy atom. The maximum Gasteiger partial charge on any atom is 0.325 e. The number of hydrogen-bond acceptors (Lipinski definition) is 15. The highest BCUT2D eigenvalue weighted by Crippen LogP contribution is 2.42.